The first-order valence-corrected chi connectivity index (χ1v) is 7.43. The SMILES string of the molecule is CNCc1cc(OC)c(OCc2cnc(C)s2)c(OC)c1. The maximum atomic E-state index is 5.88. The number of aryl methyl sites for hydroxylation is 1. The molecule has 0 amide bonds. The summed E-state index contributed by atoms with van der Waals surface area (Å²) in [7, 11) is 5.15. The number of hydrogen-bond acceptors (Lipinski definition) is 6. The molecule has 5 nitrogen and oxygen atoms in total. The van der Waals surface area contributed by atoms with Crippen molar-refractivity contribution in [3.63, 3.8) is 0 Å². The molecule has 0 fully saturated rings. The Balaban J connectivity index is 2.23. The molecule has 0 aliphatic rings. The lowest BCUT2D eigenvalue weighted by Gasteiger charge is -2.15. The fourth-order valence-electron chi connectivity index (χ4n) is 2.00. The summed E-state index contributed by atoms with van der Waals surface area (Å²) in [5.41, 5.74) is 1.08. The van der Waals surface area contributed by atoms with Crippen LogP contribution in [0.25, 0.3) is 0 Å². The van der Waals surface area contributed by atoms with Gasteiger partial charge in [0, 0.05) is 12.7 Å². The molecular weight excluding hydrogens is 288 g/mol. The Morgan fingerprint density at radius 3 is 2.33 bits per heavy atom. The number of methoxy groups -OCH3 is 2. The van der Waals surface area contributed by atoms with Gasteiger partial charge in [-0.2, -0.15) is 0 Å². The number of rotatable bonds is 7. The first-order chi connectivity index (χ1) is 10.2. The highest BCUT2D eigenvalue weighted by Crippen LogP contribution is 2.39. The number of nitrogens with zero attached hydrogens (tertiary/aromatic N) is 1. The van der Waals surface area contributed by atoms with Crippen molar-refractivity contribution in [2.75, 3.05) is 21.3 Å². The van der Waals surface area contributed by atoms with Crippen LogP contribution in [-0.2, 0) is 13.2 Å². The molecule has 2 rings (SSSR count). The summed E-state index contributed by atoms with van der Waals surface area (Å²) < 4.78 is 16.7. The molecule has 0 unspecified atom stereocenters. The molecule has 0 saturated heterocycles. The Labute approximate surface area is 128 Å². The molecule has 0 radical (unpaired) electrons. The van der Waals surface area contributed by atoms with Crippen LogP contribution in [0.3, 0.4) is 0 Å². The molecule has 0 aliphatic heterocycles. The van der Waals surface area contributed by atoms with Crippen LogP contribution in [0.2, 0.25) is 0 Å². The van der Waals surface area contributed by atoms with E-state index in [1.807, 2.05) is 32.3 Å². The van der Waals surface area contributed by atoms with Crippen molar-refractivity contribution < 1.29 is 14.2 Å². The predicted octanol–water partition coefficient (Wildman–Crippen LogP) is 2.77. The molecule has 0 saturated carbocycles. The lowest BCUT2D eigenvalue weighted by molar-refractivity contribution is 0.267. The number of hydrogen-bond donors (Lipinski definition) is 1. The van der Waals surface area contributed by atoms with E-state index in [-0.39, 0.29) is 0 Å². The van der Waals surface area contributed by atoms with Gasteiger partial charge in [0.2, 0.25) is 5.75 Å². The van der Waals surface area contributed by atoms with Crippen molar-refractivity contribution in [3.05, 3.63) is 33.8 Å². The van der Waals surface area contributed by atoms with Gasteiger partial charge in [-0.1, -0.05) is 0 Å². The van der Waals surface area contributed by atoms with Crippen molar-refractivity contribution >= 4 is 11.3 Å². The average molecular weight is 308 g/mol. The Morgan fingerprint density at radius 1 is 1.19 bits per heavy atom. The van der Waals surface area contributed by atoms with Gasteiger partial charge < -0.3 is 19.5 Å². The van der Waals surface area contributed by atoms with Crippen LogP contribution in [-0.4, -0.2) is 26.3 Å². The predicted molar refractivity (Wildman–Crippen MR) is 83.5 cm³/mol. The summed E-state index contributed by atoms with van der Waals surface area (Å²) in [6, 6.07) is 3.90. The molecule has 0 aliphatic carbocycles. The van der Waals surface area contributed by atoms with E-state index in [9.17, 15) is 0 Å². The molecule has 1 N–H and O–H groups in total. The number of thiazole rings is 1. The molecular formula is C15H20N2O3S. The van der Waals surface area contributed by atoms with Crippen LogP contribution in [0, 0.1) is 6.92 Å². The van der Waals surface area contributed by atoms with Crippen molar-refractivity contribution in [1.82, 2.24) is 10.3 Å². The van der Waals surface area contributed by atoms with Gasteiger partial charge in [-0.15, -0.1) is 11.3 Å². The van der Waals surface area contributed by atoms with E-state index in [1.165, 1.54) is 0 Å². The summed E-state index contributed by atoms with van der Waals surface area (Å²) >= 11 is 1.62. The molecule has 6 heteroatoms. The minimum atomic E-state index is 0.448. The van der Waals surface area contributed by atoms with Crippen molar-refractivity contribution in [2.24, 2.45) is 0 Å². The van der Waals surface area contributed by atoms with Gasteiger partial charge in [-0.25, -0.2) is 4.98 Å². The van der Waals surface area contributed by atoms with Gasteiger partial charge in [0.05, 0.1) is 24.1 Å². The molecule has 21 heavy (non-hydrogen) atoms. The quantitative estimate of drug-likeness (QED) is 0.852. The fourth-order valence-corrected chi connectivity index (χ4v) is 2.71. The number of benzene rings is 1. The zero-order chi connectivity index (χ0) is 15.2. The second-order valence-corrected chi connectivity index (χ2v) is 5.81. The van der Waals surface area contributed by atoms with Crippen molar-refractivity contribution in [3.8, 4) is 17.2 Å². The van der Waals surface area contributed by atoms with Gasteiger partial charge in [-0.3, -0.25) is 0 Å². The number of aromatic nitrogens is 1. The highest BCUT2D eigenvalue weighted by atomic mass is 32.1. The topological polar surface area (TPSA) is 52.6 Å². The monoisotopic (exact) mass is 308 g/mol. The smallest absolute Gasteiger partial charge is 0.203 e. The van der Waals surface area contributed by atoms with Gasteiger partial charge in [0.1, 0.15) is 6.61 Å². The van der Waals surface area contributed by atoms with Crippen LogP contribution < -0.4 is 19.5 Å². The van der Waals surface area contributed by atoms with Gasteiger partial charge in [-0.05, 0) is 31.7 Å². The summed E-state index contributed by atoms with van der Waals surface area (Å²) in [5, 5.41) is 4.13. The maximum Gasteiger partial charge on any atom is 0.203 e. The second kappa shape index (κ2) is 7.28. The number of nitrogens with one attached hydrogen (secondary N) is 1. The van der Waals surface area contributed by atoms with Gasteiger partial charge >= 0.3 is 0 Å². The first-order valence-electron chi connectivity index (χ1n) is 6.61. The van der Waals surface area contributed by atoms with E-state index < -0.39 is 0 Å². The number of ether oxygens (including phenoxy) is 3. The van der Waals surface area contributed by atoms with Crippen molar-refractivity contribution in [1.29, 1.82) is 0 Å². The summed E-state index contributed by atoms with van der Waals surface area (Å²) in [6.45, 7) is 3.16. The second-order valence-electron chi connectivity index (χ2n) is 4.49. The van der Waals surface area contributed by atoms with E-state index >= 15 is 0 Å². The molecule has 1 aromatic carbocycles. The lowest BCUT2D eigenvalue weighted by Crippen LogP contribution is -2.06. The van der Waals surface area contributed by atoms with Crippen LogP contribution in [0.4, 0.5) is 0 Å². The highest BCUT2D eigenvalue weighted by Gasteiger charge is 2.14. The molecule has 1 aromatic heterocycles. The molecule has 0 atom stereocenters. The normalized spacial score (nSPS) is 10.5. The van der Waals surface area contributed by atoms with E-state index in [0.29, 0.717) is 23.9 Å². The molecule has 2 aromatic rings. The standard InChI is InChI=1S/C15H20N2O3S/c1-10-17-8-12(21-10)9-20-15-13(18-3)5-11(7-16-2)6-14(15)19-4/h5-6,8,16H,7,9H2,1-4H3. The Kier molecular flexibility index (Phi) is 5.41. The summed E-state index contributed by atoms with van der Waals surface area (Å²) in [6.07, 6.45) is 1.83. The fraction of sp³-hybridized carbons (Fsp3) is 0.400. The van der Waals surface area contributed by atoms with Crippen LogP contribution in [0.5, 0.6) is 17.2 Å². The third kappa shape index (κ3) is 3.86. The van der Waals surface area contributed by atoms with Crippen LogP contribution >= 0.6 is 11.3 Å². The highest BCUT2D eigenvalue weighted by molar-refractivity contribution is 7.11. The lowest BCUT2D eigenvalue weighted by atomic mass is 10.2. The average Bonchev–Trinajstić information content (AvgIpc) is 2.90. The van der Waals surface area contributed by atoms with Gasteiger partial charge in [0.15, 0.2) is 11.5 Å². The summed E-state index contributed by atoms with van der Waals surface area (Å²) in [4.78, 5) is 5.29. The minimum absolute atomic E-state index is 0.448. The Morgan fingerprint density at radius 2 is 1.86 bits per heavy atom. The molecule has 0 bridgehead atoms. The largest absolute Gasteiger partial charge is 0.493 e. The van der Waals surface area contributed by atoms with E-state index in [1.54, 1.807) is 25.6 Å². The molecule has 114 valence electrons. The van der Waals surface area contributed by atoms with E-state index in [4.69, 9.17) is 14.2 Å². The Bertz CT molecular complexity index is 573. The van der Waals surface area contributed by atoms with E-state index in [2.05, 4.69) is 10.3 Å². The van der Waals surface area contributed by atoms with Crippen LogP contribution in [0.1, 0.15) is 15.4 Å². The van der Waals surface area contributed by atoms with Gasteiger partial charge in [0.25, 0.3) is 0 Å². The van der Waals surface area contributed by atoms with Crippen molar-refractivity contribution in [2.45, 2.75) is 20.1 Å². The zero-order valence-electron chi connectivity index (χ0n) is 12.7. The maximum absolute atomic E-state index is 5.88. The van der Waals surface area contributed by atoms with Crippen LogP contribution in [0.15, 0.2) is 18.3 Å². The van der Waals surface area contributed by atoms with E-state index in [0.717, 1.165) is 22.0 Å². The summed E-state index contributed by atoms with van der Waals surface area (Å²) in [5.74, 6) is 1.95. The molecule has 1 heterocycles. The third-order valence-electron chi connectivity index (χ3n) is 2.93. The molecule has 0 spiro atoms. The minimum Gasteiger partial charge on any atom is -0.493 e. The first kappa shape index (κ1) is 15.6. The third-order valence-corrected chi connectivity index (χ3v) is 3.82. The Hall–Kier alpha value is -1.79. The zero-order valence-corrected chi connectivity index (χ0v) is 13.5.